The predicted molar refractivity (Wildman–Crippen MR) is 88.9 cm³/mol. The molecule has 0 radical (unpaired) electrons. The van der Waals surface area contributed by atoms with Gasteiger partial charge in [0.25, 0.3) is 0 Å². The van der Waals surface area contributed by atoms with Gasteiger partial charge in [0.2, 0.25) is 0 Å². The lowest BCUT2D eigenvalue weighted by atomic mass is 10.1. The molecular weight excluding hydrogens is 264 g/mol. The van der Waals surface area contributed by atoms with Crippen molar-refractivity contribution in [2.75, 3.05) is 39.9 Å². The molecule has 1 saturated heterocycles. The minimum atomic E-state index is 0.399. The highest BCUT2D eigenvalue weighted by Gasteiger charge is 2.28. The molecule has 0 saturated carbocycles. The molecule has 0 bridgehead atoms. The maximum absolute atomic E-state index is 6.21. The highest BCUT2D eigenvalue weighted by atomic mass is 16.5. The summed E-state index contributed by atoms with van der Waals surface area (Å²) in [7, 11) is 1.78. The molecule has 0 aromatic rings. The summed E-state index contributed by atoms with van der Waals surface area (Å²) in [5.41, 5.74) is 0. The second-order valence-corrected chi connectivity index (χ2v) is 6.12. The molecule has 1 heterocycles. The van der Waals surface area contributed by atoms with Crippen LogP contribution in [0, 0.1) is 0 Å². The summed E-state index contributed by atoms with van der Waals surface area (Å²) in [6, 6.07) is 0.654. The summed E-state index contributed by atoms with van der Waals surface area (Å²) in [4.78, 5) is 2.57. The van der Waals surface area contributed by atoms with Gasteiger partial charge < -0.3 is 14.8 Å². The van der Waals surface area contributed by atoms with Crippen LogP contribution in [0.3, 0.4) is 0 Å². The Morgan fingerprint density at radius 3 is 2.52 bits per heavy atom. The summed E-state index contributed by atoms with van der Waals surface area (Å²) in [5, 5.41) is 3.47. The molecule has 0 aliphatic carbocycles. The zero-order valence-corrected chi connectivity index (χ0v) is 14.6. The van der Waals surface area contributed by atoms with Crippen molar-refractivity contribution in [3.05, 3.63) is 0 Å². The van der Waals surface area contributed by atoms with E-state index in [0.717, 1.165) is 32.8 Å². The fraction of sp³-hybridized carbons (Fsp3) is 1.00. The maximum atomic E-state index is 6.21. The predicted octanol–water partition coefficient (Wildman–Crippen LogP) is 2.67. The molecule has 126 valence electrons. The molecule has 0 aromatic carbocycles. The largest absolute Gasteiger partial charge is 0.383 e. The van der Waals surface area contributed by atoms with E-state index >= 15 is 0 Å². The van der Waals surface area contributed by atoms with Crippen LogP contribution in [0.15, 0.2) is 0 Å². The number of hydrogen-bond acceptors (Lipinski definition) is 4. The van der Waals surface area contributed by atoms with Crippen molar-refractivity contribution in [2.45, 2.75) is 71.1 Å². The standard InChI is InChI=1S/C17H36N2O2/c1-5-10-18-13-16-8-9-17(21-16)14-19(11-12-20-4)15(6-2)7-3/h15-18H,5-14H2,1-4H3. The van der Waals surface area contributed by atoms with Gasteiger partial charge in [0, 0.05) is 32.8 Å². The van der Waals surface area contributed by atoms with Gasteiger partial charge in [-0.3, -0.25) is 4.90 Å². The zero-order chi connectivity index (χ0) is 15.5. The molecule has 21 heavy (non-hydrogen) atoms. The van der Waals surface area contributed by atoms with Crippen molar-refractivity contribution in [3.8, 4) is 0 Å². The van der Waals surface area contributed by atoms with Gasteiger partial charge in [-0.1, -0.05) is 20.8 Å². The topological polar surface area (TPSA) is 33.7 Å². The summed E-state index contributed by atoms with van der Waals surface area (Å²) in [6.45, 7) is 11.7. The van der Waals surface area contributed by atoms with Gasteiger partial charge in [-0.15, -0.1) is 0 Å². The van der Waals surface area contributed by atoms with Crippen LogP contribution in [-0.2, 0) is 9.47 Å². The van der Waals surface area contributed by atoms with Crippen LogP contribution in [0.2, 0.25) is 0 Å². The Labute approximate surface area is 131 Å². The molecule has 2 atom stereocenters. The monoisotopic (exact) mass is 300 g/mol. The van der Waals surface area contributed by atoms with Gasteiger partial charge in [-0.25, -0.2) is 0 Å². The van der Waals surface area contributed by atoms with E-state index in [1.807, 2.05) is 0 Å². The normalized spacial score (nSPS) is 22.6. The summed E-state index contributed by atoms with van der Waals surface area (Å²) >= 11 is 0. The summed E-state index contributed by atoms with van der Waals surface area (Å²) in [6.07, 6.45) is 6.80. The maximum Gasteiger partial charge on any atom is 0.0707 e. The van der Waals surface area contributed by atoms with Crippen LogP contribution >= 0.6 is 0 Å². The quantitative estimate of drug-likeness (QED) is 0.562. The average molecular weight is 300 g/mol. The number of nitrogens with zero attached hydrogens (tertiary/aromatic N) is 1. The van der Waals surface area contributed by atoms with E-state index in [1.165, 1.54) is 32.1 Å². The molecule has 1 fully saturated rings. The van der Waals surface area contributed by atoms with E-state index in [9.17, 15) is 0 Å². The molecule has 1 aliphatic rings. The first-order valence-corrected chi connectivity index (χ1v) is 8.84. The smallest absolute Gasteiger partial charge is 0.0707 e. The van der Waals surface area contributed by atoms with E-state index < -0.39 is 0 Å². The second kappa shape index (κ2) is 11.4. The zero-order valence-electron chi connectivity index (χ0n) is 14.6. The molecule has 4 nitrogen and oxygen atoms in total. The lowest BCUT2D eigenvalue weighted by Crippen LogP contribution is -2.42. The first kappa shape index (κ1) is 18.9. The van der Waals surface area contributed by atoms with Crippen molar-refractivity contribution < 1.29 is 9.47 Å². The lowest BCUT2D eigenvalue weighted by molar-refractivity contribution is 0.00719. The van der Waals surface area contributed by atoms with Crippen LogP contribution < -0.4 is 5.32 Å². The minimum absolute atomic E-state index is 0.399. The molecule has 1 N–H and O–H groups in total. The van der Waals surface area contributed by atoms with Gasteiger partial charge in [0.15, 0.2) is 0 Å². The van der Waals surface area contributed by atoms with E-state index in [1.54, 1.807) is 7.11 Å². The Morgan fingerprint density at radius 2 is 1.90 bits per heavy atom. The number of nitrogens with one attached hydrogen (secondary N) is 1. The number of ether oxygens (including phenoxy) is 2. The molecular formula is C17H36N2O2. The van der Waals surface area contributed by atoms with E-state index in [-0.39, 0.29) is 0 Å². The van der Waals surface area contributed by atoms with Crippen molar-refractivity contribution >= 4 is 0 Å². The van der Waals surface area contributed by atoms with Gasteiger partial charge in [0.1, 0.15) is 0 Å². The van der Waals surface area contributed by atoms with Gasteiger partial charge in [-0.05, 0) is 38.6 Å². The summed E-state index contributed by atoms with van der Waals surface area (Å²) < 4.78 is 11.5. The van der Waals surface area contributed by atoms with Gasteiger partial charge in [-0.2, -0.15) is 0 Å². The van der Waals surface area contributed by atoms with E-state index in [4.69, 9.17) is 9.47 Å². The van der Waals surface area contributed by atoms with Crippen LogP contribution in [0.5, 0.6) is 0 Å². The number of rotatable bonds is 12. The molecule has 4 heteroatoms. The Kier molecular flexibility index (Phi) is 10.3. The van der Waals surface area contributed by atoms with Crippen LogP contribution in [0.1, 0.15) is 52.9 Å². The SMILES string of the molecule is CCCNCC1CCC(CN(CCOC)C(CC)CC)O1. The van der Waals surface area contributed by atoms with E-state index in [0.29, 0.717) is 18.2 Å². The Morgan fingerprint density at radius 1 is 1.19 bits per heavy atom. The highest BCUT2D eigenvalue weighted by Crippen LogP contribution is 2.21. The Hall–Kier alpha value is -0.160. The molecule has 1 rings (SSSR count). The Bertz CT molecular complexity index is 247. The van der Waals surface area contributed by atoms with Gasteiger partial charge >= 0.3 is 0 Å². The number of methoxy groups -OCH3 is 1. The first-order valence-electron chi connectivity index (χ1n) is 8.84. The third-order valence-electron chi connectivity index (χ3n) is 4.47. The summed E-state index contributed by atoms with van der Waals surface area (Å²) in [5.74, 6) is 0. The van der Waals surface area contributed by atoms with E-state index in [2.05, 4.69) is 31.0 Å². The van der Waals surface area contributed by atoms with Crippen LogP contribution in [-0.4, -0.2) is 63.0 Å². The fourth-order valence-corrected chi connectivity index (χ4v) is 3.20. The third-order valence-corrected chi connectivity index (χ3v) is 4.47. The fourth-order valence-electron chi connectivity index (χ4n) is 3.20. The lowest BCUT2D eigenvalue weighted by Gasteiger charge is -2.32. The highest BCUT2D eigenvalue weighted by molar-refractivity contribution is 4.80. The number of hydrogen-bond donors (Lipinski definition) is 1. The third kappa shape index (κ3) is 7.09. The van der Waals surface area contributed by atoms with Gasteiger partial charge in [0.05, 0.1) is 18.8 Å². The Balaban J connectivity index is 2.37. The first-order chi connectivity index (χ1) is 10.2. The van der Waals surface area contributed by atoms with Crippen molar-refractivity contribution in [2.24, 2.45) is 0 Å². The van der Waals surface area contributed by atoms with Crippen LogP contribution in [0.4, 0.5) is 0 Å². The second-order valence-electron chi connectivity index (χ2n) is 6.12. The molecule has 0 spiro atoms. The van der Waals surface area contributed by atoms with Crippen molar-refractivity contribution in [3.63, 3.8) is 0 Å². The molecule has 0 amide bonds. The minimum Gasteiger partial charge on any atom is -0.383 e. The van der Waals surface area contributed by atoms with Crippen molar-refractivity contribution in [1.82, 2.24) is 10.2 Å². The van der Waals surface area contributed by atoms with Crippen LogP contribution in [0.25, 0.3) is 0 Å². The average Bonchev–Trinajstić information content (AvgIpc) is 2.93. The van der Waals surface area contributed by atoms with Crippen molar-refractivity contribution in [1.29, 1.82) is 0 Å². The molecule has 2 unspecified atom stereocenters. The molecule has 0 aromatic heterocycles. The molecule has 1 aliphatic heterocycles.